The van der Waals surface area contributed by atoms with Crippen molar-refractivity contribution < 1.29 is 0 Å². The van der Waals surface area contributed by atoms with Gasteiger partial charge < -0.3 is 15.6 Å². The summed E-state index contributed by atoms with van der Waals surface area (Å²) in [5, 5.41) is 12.8. The van der Waals surface area contributed by atoms with E-state index in [2.05, 4.69) is 35.0 Å². The molecule has 3 heterocycles. The molecular formula is C18H22N8S. The monoisotopic (exact) mass is 382 g/mol. The smallest absolute Gasteiger partial charge is 0.232 e. The highest BCUT2D eigenvalue weighted by atomic mass is 32.2. The van der Waals surface area contributed by atoms with Crippen LogP contribution < -0.4 is 11.1 Å². The fourth-order valence-electron chi connectivity index (χ4n) is 3.02. The van der Waals surface area contributed by atoms with Crippen LogP contribution in [-0.4, -0.2) is 29.7 Å². The van der Waals surface area contributed by atoms with E-state index in [1.807, 2.05) is 31.2 Å². The number of aryl methyl sites for hydroxylation is 2. The van der Waals surface area contributed by atoms with Crippen LogP contribution in [0.5, 0.6) is 0 Å². The van der Waals surface area contributed by atoms with Gasteiger partial charge in [0.1, 0.15) is 11.6 Å². The molecule has 27 heavy (non-hydrogen) atoms. The quantitative estimate of drug-likeness (QED) is 0.648. The minimum Gasteiger partial charge on any atom is -0.368 e. The SMILES string of the molecule is Cc1ccc(Nc2nc(N)nc(CSc3nnc4n3CCCCC4)n2)cc1. The second-order valence-electron chi connectivity index (χ2n) is 6.57. The third-order valence-electron chi connectivity index (χ3n) is 4.41. The van der Waals surface area contributed by atoms with Crippen LogP contribution in [-0.2, 0) is 18.7 Å². The highest BCUT2D eigenvalue weighted by Gasteiger charge is 2.16. The standard InChI is InChI=1S/C18H22N8S/c1-12-6-8-13(9-7-12)20-17-22-14(21-16(19)23-17)11-27-18-25-24-15-5-3-2-4-10-26(15)18/h6-9H,2-5,10-11H2,1H3,(H3,19,20,21,22,23). The van der Waals surface area contributed by atoms with E-state index in [4.69, 9.17) is 5.73 Å². The largest absolute Gasteiger partial charge is 0.368 e. The Morgan fingerprint density at radius 3 is 2.78 bits per heavy atom. The molecule has 0 unspecified atom stereocenters. The normalized spacial score (nSPS) is 13.8. The Morgan fingerprint density at radius 2 is 1.93 bits per heavy atom. The van der Waals surface area contributed by atoms with Gasteiger partial charge in [-0.2, -0.15) is 15.0 Å². The van der Waals surface area contributed by atoms with E-state index in [0.717, 1.165) is 29.6 Å². The molecule has 3 N–H and O–H groups in total. The third kappa shape index (κ3) is 4.36. The minimum absolute atomic E-state index is 0.204. The molecular weight excluding hydrogens is 360 g/mol. The lowest BCUT2D eigenvalue weighted by molar-refractivity contribution is 0.591. The number of benzene rings is 1. The summed E-state index contributed by atoms with van der Waals surface area (Å²) in [5.41, 5.74) is 7.98. The van der Waals surface area contributed by atoms with Crippen molar-refractivity contribution in [1.82, 2.24) is 29.7 Å². The summed E-state index contributed by atoms with van der Waals surface area (Å²) in [4.78, 5) is 12.9. The lowest BCUT2D eigenvalue weighted by Gasteiger charge is -2.08. The number of nitrogens with two attached hydrogens (primary N) is 1. The maximum atomic E-state index is 5.87. The number of aromatic nitrogens is 6. The molecule has 1 aliphatic heterocycles. The number of anilines is 3. The lowest BCUT2D eigenvalue weighted by atomic mass is 10.2. The van der Waals surface area contributed by atoms with Crippen molar-refractivity contribution in [3.05, 3.63) is 41.5 Å². The van der Waals surface area contributed by atoms with Crippen molar-refractivity contribution in [3.8, 4) is 0 Å². The Kier molecular flexibility index (Phi) is 5.19. The summed E-state index contributed by atoms with van der Waals surface area (Å²) in [5.74, 6) is 2.91. The fourth-order valence-corrected chi connectivity index (χ4v) is 3.86. The van der Waals surface area contributed by atoms with Gasteiger partial charge in [0.25, 0.3) is 0 Å². The molecule has 0 saturated carbocycles. The molecule has 140 valence electrons. The first-order valence-electron chi connectivity index (χ1n) is 9.06. The highest BCUT2D eigenvalue weighted by molar-refractivity contribution is 7.98. The van der Waals surface area contributed by atoms with Crippen LogP contribution in [0.1, 0.15) is 36.5 Å². The zero-order chi connectivity index (χ0) is 18.6. The molecule has 0 amide bonds. The van der Waals surface area contributed by atoms with Gasteiger partial charge in [-0.25, -0.2) is 0 Å². The van der Waals surface area contributed by atoms with Gasteiger partial charge in [-0.1, -0.05) is 35.9 Å². The average Bonchev–Trinajstić information content (AvgIpc) is 2.88. The van der Waals surface area contributed by atoms with Crippen molar-refractivity contribution in [1.29, 1.82) is 0 Å². The zero-order valence-corrected chi connectivity index (χ0v) is 16.0. The first-order valence-corrected chi connectivity index (χ1v) is 10.0. The molecule has 0 radical (unpaired) electrons. The van der Waals surface area contributed by atoms with Crippen LogP contribution in [0.3, 0.4) is 0 Å². The van der Waals surface area contributed by atoms with Gasteiger partial charge >= 0.3 is 0 Å². The maximum Gasteiger partial charge on any atom is 0.232 e. The molecule has 0 bridgehead atoms. The van der Waals surface area contributed by atoms with Crippen LogP contribution in [0.4, 0.5) is 17.6 Å². The van der Waals surface area contributed by atoms with Crippen LogP contribution in [0.25, 0.3) is 0 Å². The van der Waals surface area contributed by atoms with Gasteiger partial charge in [-0.3, -0.25) is 0 Å². The van der Waals surface area contributed by atoms with E-state index >= 15 is 0 Å². The van der Waals surface area contributed by atoms with E-state index < -0.39 is 0 Å². The number of nitrogens with one attached hydrogen (secondary N) is 1. The Labute approximate surface area is 162 Å². The Hall–Kier alpha value is -2.68. The van der Waals surface area contributed by atoms with E-state index in [9.17, 15) is 0 Å². The second-order valence-corrected chi connectivity index (χ2v) is 7.52. The van der Waals surface area contributed by atoms with Crippen molar-refractivity contribution in [3.63, 3.8) is 0 Å². The molecule has 2 aromatic heterocycles. The highest BCUT2D eigenvalue weighted by Crippen LogP contribution is 2.24. The van der Waals surface area contributed by atoms with Gasteiger partial charge in [0.2, 0.25) is 11.9 Å². The molecule has 1 aromatic carbocycles. The summed E-state index contributed by atoms with van der Waals surface area (Å²) in [7, 11) is 0. The Morgan fingerprint density at radius 1 is 1.07 bits per heavy atom. The molecule has 8 nitrogen and oxygen atoms in total. The van der Waals surface area contributed by atoms with Gasteiger partial charge in [0.05, 0.1) is 5.75 Å². The van der Waals surface area contributed by atoms with Gasteiger partial charge in [0, 0.05) is 18.7 Å². The first kappa shape index (κ1) is 17.7. The van der Waals surface area contributed by atoms with E-state index in [-0.39, 0.29) is 5.95 Å². The Balaban J connectivity index is 1.47. The summed E-state index contributed by atoms with van der Waals surface area (Å²) in [6.07, 6.45) is 4.59. The predicted octanol–water partition coefficient (Wildman–Crippen LogP) is 3.12. The van der Waals surface area contributed by atoms with Crippen molar-refractivity contribution in [2.75, 3.05) is 11.1 Å². The predicted molar refractivity (Wildman–Crippen MR) is 106 cm³/mol. The summed E-state index contributed by atoms with van der Waals surface area (Å²) in [6.45, 7) is 3.02. The van der Waals surface area contributed by atoms with Crippen LogP contribution in [0, 0.1) is 6.92 Å². The van der Waals surface area contributed by atoms with Gasteiger partial charge in [-0.15, -0.1) is 10.2 Å². The zero-order valence-electron chi connectivity index (χ0n) is 15.2. The fraction of sp³-hybridized carbons (Fsp3) is 0.389. The maximum absolute atomic E-state index is 5.87. The molecule has 3 aromatic rings. The van der Waals surface area contributed by atoms with E-state index in [1.54, 1.807) is 11.8 Å². The van der Waals surface area contributed by atoms with Crippen molar-refractivity contribution in [2.24, 2.45) is 0 Å². The van der Waals surface area contributed by atoms with Crippen LogP contribution in [0.2, 0.25) is 0 Å². The average molecular weight is 382 g/mol. The molecule has 0 spiro atoms. The number of hydrogen-bond donors (Lipinski definition) is 2. The number of nitrogens with zero attached hydrogens (tertiary/aromatic N) is 6. The summed E-state index contributed by atoms with van der Waals surface area (Å²) < 4.78 is 2.22. The van der Waals surface area contributed by atoms with Crippen molar-refractivity contribution in [2.45, 2.75) is 50.1 Å². The molecule has 0 aliphatic carbocycles. The number of fused-ring (bicyclic) bond motifs is 1. The first-order chi connectivity index (χ1) is 13.2. The molecule has 9 heteroatoms. The number of hydrogen-bond acceptors (Lipinski definition) is 8. The third-order valence-corrected chi connectivity index (χ3v) is 5.38. The molecule has 1 aliphatic rings. The topological polar surface area (TPSA) is 107 Å². The summed E-state index contributed by atoms with van der Waals surface area (Å²) >= 11 is 1.58. The lowest BCUT2D eigenvalue weighted by Crippen LogP contribution is -2.07. The molecule has 0 fully saturated rings. The molecule has 4 rings (SSSR count). The van der Waals surface area contributed by atoms with Crippen molar-refractivity contribution >= 4 is 29.3 Å². The summed E-state index contributed by atoms with van der Waals surface area (Å²) in [6, 6.07) is 8.02. The Bertz CT molecular complexity index is 922. The molecule has 0 saturated heterocycles. The van der Waals surface area contributed by atoms with Gasteiger partial charge in [-0.05, 0) is 31.9 Å². The van der Waals surface area contributed by atoms with E-state index in [1.165, 1.54) is 24.8 Å². The minimum atomic E-state index is 0.204. The second kappa shape index (κ2) is 7.91. The number of rotatable bonds is 5. The van der Waals surface area contributed by atoms with Crippen LogP contribution in [0.15, 0.2) is 29.4 Å². The van der Waals surface area contributed by atoms with E-state index in [0.29, 0.717) is 17.5 Å². The molecule has 0 atom stereocenters. The van der Waals surface area contributed by atoms with Gasteiger partial charge in [0.15, 0.2) is 5.16 Å². The number of nitrogen functional groups attached to an aromatic ring is 1. The number of thioether (sulfide) groups is 1. The van der Waals surface area contributed by atoms with Crippen LogP contribution >= 0.6 is 11.8 Å².